The van der Waals surface area contributed by atoms with Crippen molar-refractivity contribution in [2.45, 2.75) is 11.8 Å². The summed E-state index contributed by atoms with van der Waals surface area (Å²) < 4.78 is 14.4. The lowest BCUT2D eigenvalue weighted by molar-refractivity contribution is 0.544. The Balaban J connectivity index is 2.15. The molecule has 0 amide bonds. The second-order valence-electron chi connectivity index (χ2n) is 6.69. The zero-order valence-electron chi connectivity index (χ0n) is 15.5. The van der Waals surface area contributed by atoms with Crippen molar-refractivity contribution in [2.24, 2.45) is 0 Å². The maximum absolute atomic E-state index is 14.4. The molecule has 3 heteroatoms. The van der Waals surface area contributed by atoms with Gasteiger partial charge in [-0.15, -0.1) is 6.58 Å². The first-order valence-corrected chi connectivity index (χ1v) is 9.29. The molecule has 0 aliphatic carbocycles. The third-order valence-electron chi connectivity index (χ3n) is 5.08. The van der Waals surface area contributed by atoms with E-state index in [1.165, 1.54) is 0 Å². The van der Waals surface area contributed by atoms with Gasteiger partial charge in [0.2, 0.25) is 0 Å². The summed E-state index contributed by atoms with van der Waals surface area (Å²) in [6.07, 6.45) is 1.65. The summed E-state index contributed by atoms with van der Waals surface area (Å²) in [4.78, 5) is 7.09. The summed E-state index contributed by atoms with van der Waals surface area (Å²) in [5, 5.41) is 0. The number of aromatic amines is 1. The fraction of sp³-hybridized carbons (Fsp3) is 0.0800. The molecule has 4 rings (SSSR count). The first kappa shape index (κ1) is 17.9. The molecule has 3 aromatic carbocycles. The molecule has 0 unspecified atom stereocenters. The molecular formula is C25H21FN2. The lowest BCUT2D eigenvalue weighted by Crippen LogP contribution is -2.32. The lowest BCUT2D eigenvalue weighted by atomic mass is 9.66. The molecule has 1 aromatic heterocycles. The fourth-order valence-corrected chi connectivity index (χ4v) is 3.97. The second-order valence-corrected chi connectivity index (χ2v) is 6.69. The van der Waals surface area contributed by atoms with Crippen LogP contribution in [0, 0.1) is 6.08 Å². The Labute approximate surface area is 164 Å². The third kappa shape index (κ3) is 2.95. The summed E-state index contributed by atoms with van der Waals surface area (Å²) in [7, 11) is 0. The van der Waals surface area contributed by atoms with Crippen LogP contribution < -0.4 is 0 Å². The Morgan fingerprint density at radius 2 is 1.21 bits per heavy atom. The smallest absolute Gasteiger partial charge is 0.287 e. The van der Waals surface area contributed by atoms with Crippen LogP contribution in [0.2, 0.25) is 0 Å². The van der Waals surface area contributed by atoms with Crippen LogP contribution in [0.4, 0.5) is 4.39 Å². The minimum absolute atomic E-state index is 0.476. The van der Waals surface area contributed by atoms with Gasteiger partial charge in [-0.2, -0.15) is 4.39 Å². The number of H-pyrrole nitrogens is 1. The van der Waals surface area contributed by atoms with Crippen LogP contribution in [0.25, 0.3) is 0 Å². The summed E-state index contributed by atoms with van der Waals surface area (Å²) in [5.41, 5.74) is 3.79. The van der Waals surface area contributed by atoms with Gasteiger partial charge in [0, 0.05) is 6.42 Å². The van der Waals surface area contributed by atoms with Crippen LogP contribution in [-0.2, 0) is 11.8 Å². The largest absolute Gasteiger partial charge is 0.316 e. The van der Waals surface area contributed by atoms with Gasteiger partial charge in [-0.3, -0.25) is 0 Å². The minimum atomic E-state index is -0.723. The normalized spacial score (nSPS) is 11.3. The first-order valence-electron chi connectivity index (χ1n) is 9.29. The Bertz CT molecular complexity index is 957. The standard InChI is InChI=1S/C25H21FN2/c1-2-12-22-23(28-24(26)27-22)25(19-13-6-3-7-14-19,20-15-8-4-9-16-20)21-17-10-5-11-18-21/h2-11,13-18H,1,12H2,(H,27,28). The second kappa shape index (κ2) is 7.65. The third-order valence-corrected chi connectivity index (χ3v) is 5.08. The first-order chi connectivity index (χ1) is 13.8. The molecule has 4 aromatic rings. The highest BCUT2D eigenvalue weighted by atomic mass is 19.1. The molecule has 0 aliphatic rings. The number of rotatable bonds is 6. The maximum Gasteiger partial charge on any atom is 0.287 e. The zero-order valence-corrected chi connectivity index (χ0v) is 15.5. The Hall–Kier alpha value is -3.46. The van der Waals surface area contributed by atoms with Crippen LogP contribution >= 0.6 is 0 Å². The van der Waals surface area contributed by atoms with Crippen molar-refractivity contribution < 1.29 is 4.39 Å². The van der Waals surface area contributed by atoms with Gasteiger partial charge in [-0.25, -0.2) is 4.98 Å². The predicted octanol–water partition coefficient (Wildman–Crippen LogP) is 5.66. The average Bonchev–Trinajstić information content (AvgIpc) is 3.12. The van der Waals surface area contributed by atoms with Gasteiger partial charge in [0.25, 0.3) is 6.08 Å². The SMILES string of the molecule is C=CCc1nc(F)[nH]c1C(c1ccccc1)(c1ccccc1)c1ccccc1. The highest BCUT2D eigenvalue weighted by Gasteiger charge is 2.41. The molecular weight excluding hydrogens is 347 g/mol. The van der Waals surface area contributed by atoms with Gasteiger partial charge in [0.05, 0.1) is 16.8 Å². The van der Waals surface area contributed by atoms with Crippen LogP contribution in [0.3, 0.4) is 0 Å². The van der Waals surface area contributed by atoms with E-state index in [1.54, 1.807) is 6.08 Å². The van der Waals surface area contributed by atoms with E-state index in [4.69, 9.17) is 0 Å². The summed E-state index contributed by atoms with van der Waals surface area (Å²) in [5.74, 6) is 0. The van der Waals surface area contributed by atoms with E-state index < -0.39 is 11.5 Å². The topological polar surface area (TPSA) is 28.7 Å². The van der Waals surface area contributed by atoms with Crippen LogP contribution in [-0.4, -0.2) is 9.97 Å². The van der Waals surface area contributed by atoms with Crippen molar-refractivity contribution in [3.05, 3.63) is 138 Å². The monoisotopic (exact) mass is 368 g/mol. The number of hydrogen-bond donors (Lipinski definition) is 1. The highest BCUT2D eigenvalue weighted by Crippen LogP contribution is 2.45. The number of halogens is 1. The molecule has 0 fully saturated rings. The molecule has 28 heavy (non-hydrogen) atoms. The van der Waals surface area contributed by atoms with Crippen molar-refractivity contribution in [3.8, 4) is 0 Å². The van der Waals surface area contributed by atoms with Crippen molar-refractivity contribution in [1.29, 1.82) is 0 Å². The molecule has 0 saturated heterocycles. The average molecular weight is 368 g/mol. The van der Waals surface area contributed by atoms with E-state index in [0.29, 0.717) is 12.1 Å². The molecule has 0 bridgehead atoms. The lowest BCUT2D eigenvalue weighted by Gasteiger charge is -2.36. The van der Waals surface area contributed by atoms with Crippen molar-refractivity contribution in [3.63, 3.8) is 0 Å². The maximum atomic E-state index is 14.4. The Kier molecular flexibility index (Phi) is 4.90. The molecule has 1 heterocycles. The van der Waals surface area contributed by atoms with Gasteiger partial charge >= 0.3 is 0 Å². The van der Waals surface area contributed by atoms with Crippen LogP contribution in [0.1, 0.15) is 28.1 Å². The summed E-state index contributed by atoms with van der Waals surface area (Å²) >= 11 is 0. The summed E-state index contributed by atoms with van der Waals surface area (Å²) in [6, 6.07) is 30.5. The van der Waals surface area contributed by atoms with Crippen molar-refractivity contribution in [2.75, 3.05) is 0 Å². The van der Waals surface area contributed by atoms with Crippen LogP contribution in [0.5, 0.6) is 0 Å². The van der Waals surface area contributed by atoms with E-state index in [9.17, 15) is 4.39 Å². The van der Waals surface area contributed by atoms with Crippen molar-refractivity contribution >= 4 is 0 Å². The van der Waals surface area contributed by atoms with E-state index >= 15 is 0 Å². The van der Waals surface area contributed by atoms with Crippen LogP contribution in [0.15, 0.2) is 104 Å². The van der Waals surface area contributed by atoms with Gasteiger partial charge < -0.3 is 4.98 Å². The highest BCUT2D eigenvalue weighted by molar-refractivity contribution is 5.59. The van der Waals surface area contributed by atoms with E-state index in [2.05, 4.69) is 52.9 Å². The predicted molar refractivity (Wildman–Crippen MR) is 111 cm³/mol. The molecule has 0 saturated carbocycles. The number of allylic oxidation sites excluding steroid dienone is 1. The van der Waals surface area contributed by atoms with Gasteiger partial charge in [-0.05, 0) is 16.7 Å². The Morgan fingerprint density at radius 1 is 0.786 bits per heavy atom. The molecule has 0 atom stereocenters. The number of nitrogens with zero attached hydrogens (tertiary/aromatic N) is 1. The molecule has 1 N–H and O–H groups in total. The van der Waals surface area contributed by atoms with Gasteiger partial charge in [0.1, 0.15) is 0 Å². The van der Waals surface area contributed by atoms with Gasteiger partial charge in [0.15, 0.2) is 0 Å². The number of imidazole rings is 1. The van der Waals surface area contributed by atoms with E-state index in [0.717, 1.165) is 22.4 Å². The molecule has 138 valence electrons. The van der Waals surface area contributed by atoms with Gasteiger partial charge in [-0.1, -0.05) is 97.1 Å². The minimum Gasteiger partial charge on any atom is -0.316 e. The molecule has 0 aliphatic heterocycles. The summed E-state index contributed by atoms with van der Waals surface area (Å²) in [6.45, 7) is 3.83. The number of hydrogen-bond acceptors (Lipinski definition) is 1. The molecule has 0 spiro atoms. The zero-order chi connectivity index (χ0) is 19.4. The van der Waals surface area contributed by atoms with E-state index in [1.807, 2.05) is 54.6 Å². The van der Waals surface area contributed by atoms with E-state index in [-0.39, 0.29) is 0 Å². The Morgan fingerprint density at radius 3 is 1.61 bits per heavy atom. The quantitative estimate of drug-likeness (QED) is 0.345. The molecule has 0 radical (unpaired) electrons. The fourth-order valence-electron chi connectivity index (χ4n) is 3.97. The molecule has 2 nitrogen and oxygen atoms in total. The van der Waals surface area contributed by atoms with Crippen molar-refractivity contribution in [1.82, 2.24) is 9.97 Å². The number of aromatic nitrogens is 2. The number of nitrogens with one attached hydrogen (secondary N) is 1. The number of benzene rings is 3.